The number of carbonyl (C=O) groups is 1. The molecule has 0 saturated heterocycles. The number of rotatable bonds is 2. The van der Waals surface area contributed by atoms with Crippen molar-refractivity contribution in [3.63, 3.8) is 0 Å². The quantitative estimate of drug-likeness (QED) is 0.677. The molecule has 0 spiro atoms. The summed E-state index contributed by atoms with van der Waals surface area (Å²) in [6, 6.07) is 8.49. The van der Waals surface area contributed by atoms with E-state index >= 15 is 0 Å². The lowest BCUT2D eigenvalue weighted by Crippen LogP contribution is -2.11. The average Bonchev–Trinajstić information content (AvgIpc) is 2.17. The van der Waals surface area contributed by atoms with Gasteiger partial charge < -0.3 is 5.73 Å². The predicted octanol–water partition coefficient (Wildman–Crippen LogP) is 1.06. The van der Waals surface area contributed by atoms with Crippen LogP contribution in [0.3, 0.4) is 0 Å². The minimum absolute atomic E-state index is 0.254. The molecule has 0 aromatic heterocycles. The van der Waals surface area contributed by atoms with Gasteiger partial charge in [0.05, 0.1) is 11.6 Å². The summed E-state index contributed by atoms with van der Waals surface area (Å²) in [6.45, 7) is 3.52. The van der Waals surface area contributed by atoms with Gasteiger partial charge >= 0.3 is 0 Å². The van der Waals surface area contributed by atoms with E-state index in [9.17, 15) is 4.79 Å². The largest absolute Gasteiger partial charge is 0.366 e. The summed E-state index contributed by atoms with van der Waals surface area (Å²) < 4.78 is 0. The fourth-order valence-corrected chi connectivity index (χ4v) is 0.888. The van der Waals surface area contributed by atoms with E-state index in [4.69, 9.17) is 11.0 Å². The molecule has 0 aliphatic carbocycles. The first-order valence-electron chi connectivity index (χ1n) is 3.64. The van der Waals surface area contributed by atoms with Crippen LogP contribution in [0.1, 0.15) is 11.1 Å². The number of nitriles is 1. The zero-order valence-electron chi connectivity index (χ0n) is 6.95. The van der Waals surface area contributed by atoms with Crippen molar-refractivity contribution >= 4 is 11.5 Å². The van der Waals surface area contributed by atoms with E-state index in [0.717, 1.165) is 0 Å². The van der Waals surface area contributed by atoms with Crippen LogP contribution in [-0.4, -0.2) is 5.91 Å². The standard InChI is InChI=1S/C10H8N2O/c1-7(10(12)13)9-4-2-8(6-11)3-5-9/h2-5H,1H2,(H2,12,13). The molecular weight excluding hydrogens is 164 g/mol. The molecular formula is C10H8N2O. The molecule has 0 atom stereocenters. The highest BCUT2D eigenvalue weighted by molar-refractivity contribution is 6.17. The Morgan fingerprint density at radius 3 is 2.31 bits per heavy atom. The first-order chi connectivity index (χ1) is 6.15. The lowest BCUT2D eigenvalue weighted by atomic mass is 10.1. The molecule has 0 unspecified atom stereocenters. The van der Waals surface area contributed by atoms with E-state index in [-0.39, 0.29) is 5.57 Å². The monoisotopic (exact) mass is 172 g/mol. The number of amides is 1. The minimum atomic E-state index is -0.551. The maximum atomic E-state index is 10.7. The molecule has 1 aromatic rings. The van der Waals surface area contributed by atoms with Crippen molar-refractivity contribution in [2.24, 2.45) is 5.73 Å². The zero-order chi connectivity index (χ0) is 9.84. The first-order valence-corrected chi connectivity index (χ1v) is 3.64. The van der Waals surface area contributed by atoms with Gasteiger partial charge in [-0.1, -0.05) is 18.7 Å². The molecule has 0 aliphatic rings. The molecule has 1 amide bonds. The van der Waals surface area contributed by atoms with E-state index < -0.39 is 5.91 Å². The van der Waals surface area contributed by atoms with Crippen molar-refractivity contribution in [2.75, 3.05) is 0 Å². The van der Waals surface area contributed by atoms with Crippen molar-refractivity contribution < 1.29 is 4.79 Å². The summed E-state index contributed by atoms with van der Waals surface area (Å²) in [5.74, 6) is -0.551. The predicted molar refractivity (Wildman–Crippen MR) is 49.4 cm³/mol. The van der Waals surface area contributed by atoms with Gasteiger partial charge in [0.15, 0.2) is 0 Å². The van der Waals surface area contributed by atoms with E-state index in [2.05, 4.69) is 6.58 Å². The second-order valence-electron chi connectivity index (χ2n) is 2.53. The molecule has 2 N–H and O–H groups in total. The lowest BCUT2D eigenvalue weighted by molar-refractivity contribution is -0.112. The van der Waals surface area contributed by atoms with Gasteiger partial charge in [0, 0.05) is 5.57 Å². The Morgan fingerprint density at radius 1 is 1.38 bits per heavy atom. The third-order valence-electron chi connectivity index (χ3n) is 1.66. The summed E-state index contributed by atoms with van der Waals surface area (Å²) in [7, 11) is 0. The van der Waals surface area contributed by atoms with Crippen LogP contribution in [0.25, 0.3) is 5.57 Å². The fourth-order valence-electron chi connectivity index (χ4n) is 0.888. The Balaban J connectivity index is 3.01. The Morgan fingerprint density at radius 2 is 1.92 bits per heavy atom. The second kappa shape index (κ2) is 3.55. The maximum Gasteiger partial charge on any atom is 0.248 e. The third-order valence-corrected chi connectivity index (χ3v) is 1.66. The van der Waals surface area contributed by atoms with Crippen molar-refractivity contribution in [1.29, 1.82) is 5.26 Å². The highest BCUT2D eigenvalue weighted by atomic mass is 16.1. The van der Waals surface area contributed by atoms with Gasteiger partial charge in [-0.2, -0.15) is 5.26 Å². The van der Waals surface area contributed by atoms with Crippen LogP contribution in [0.15, 0.2) is 30.8 Å². The fraction of sp³-hybridized carbons (Fsp3) is 0. The van der Waals surface area contributed by atoms with E-state index in [1.165, 1.54) is 0 Å². The van der Waals surface area contributed by atoms with Crippen LogP contribution < -0.4 is 5.73 Å². The lowest BCUT2D eigenvalue weighted by Gasteiger charge is -1.99. The topological polar surface area (TPSA) is 66.9 Å². The SMILES string of the molecule is C=C(C(N)=O)c1ccc(C#N)cc1. The van der Waals surface area contributed by atoms with Gasteiger partial charge in [-0.3, -0.25) is 4.79 Å². The maximum absolute atomic E-state index is 10.7. The van der Waals surface area contributed by atoms with Gasteiger partial charge in [0.2, 0.25) is 5.91 Å². The average molecular weight is 172 g/mol. The summed E-state index contributed by atoms with van der Waals surface area (Å²) in [5.41, 5.74) is 6.48. The van der Waals surface area contributed by atoms with Crippen LogP contribution in [0.2, 0.25) is 0 Å². The molecule has 0 bridgehead atoms. The number of primary amides is 1. The highest BCUT2D eigenvalue weighted by Gasteiger charge is 2.03. The van der Waals surface area contributed by atoms with Gasteiger partial charge in [0.25, 0.3) is 0 Å². The van der Waals surface area contributed by atoms with Gasteiger partial charge in [0.1, 0.15) is 0 Å². The second-order valence-corrected chi connectivity index (χ2v) is 2.53. The van der Waals surface area contributed by atoms with Crippen LogP contribution in [0.4, 0.5) is 0 Å². The van der Waals surface area contributed by atoms with Crippen molar-refractivity contribution in [3.05, 3.63) is 42.0 Å². The number of carbonyl (C=O) groups excluding carboxylic acids is 1. The Labute approximate surface area is 76.1 Å². The molecule has 0 aliphatic heterocycles. The summed E-state index contributed by atoms with van der Waals surface area (Å²) in [4.78, 5) is 10.7. The van der Waals surface area contributed by atoms with Crippen molar-refractivity contribution in [3.8, 4) is 6.07 Å². The van der Waals surface area contributed by atoms with E-state index in [0.29, 0.717) is 11.1 Å². The van der Waals surface area contributed by atoms with Gasteiger partial charge in [-0.05, 0) is 17.7 Å². The molecule has 3 heteroatoms. The van der Waals surface area contributed by atoms with E-state index in [1.807, 2.05) is 6.07 Å². The molecule has 1 rings (SSSR count). The first kappa shape index (κ1) is 9.01. The number of hydrogen-bond donors (Lipinski definition) is 1. The molecule has 1 aromatic carbocycles. The molecule has 64 valence electrons. The van der Waals surface area contributed by atoms with Crippen LogP contribution in [0, 0.1) is 11.3 Å². The smallest absolute Gasteiger partial charge is 0.248 e. The summed E-state index contributed by atoms with van der Waals surface area (Å²) in [5, 5.41) is 8.51. The molecule has 13 heavy (non-hydrogen) atoms. The molecule has 3 nitrogen and oxygen atoms in total. The zero-order valence-corrected chi connectivity index (χ0v) is 6.95. The highest BCUT2D eigenvalue weighted by Crippen LogP contribution is 2.12. The molecule has 0 fully saturated rings. The summed E-state index contributed by atoms with van der Waals surface area (Å²) in [6.07, 6.45) is 0. The normalized spacial score (nSPS) is 8.85. The Kier molecular flexibility index (Phi) is 2.46. The number of nitrogens with two attached hydrogens (primary N) is 1. The molecule has 0 heterocycles. The number of hydrogen-bond acceptors (Lipinski definition) is 2. The summed E-state index contributed by atoms with van der Waals surface area (Å²) >= 11 is 0. The van der Waals surface area contributed by atoms with E-state index in [1.54, 1.807) is 24.3 Å². The molecule has 0 saturated carbocycles. The molecule has 0 radical (unpaired) electrons. The van der Waals surface area contributed by atoms with Crippen molar-refractivity contribution in [2.45, 2.75) is 0 Å². The van der Waals surface area contributed by atoms with Crippen LogP contribution in [0.5, 0.6) is 0 Å². The Hall–Kier alpha value is -2.08. The number of benzene rings is 1. The van der Waals surface area contributed by atoms with Gasteiger partial charge in [-0.25, -0.2) is 0 Å². The Bertz CT molecular complexity index is 384. The number of nitrogens with zero attached hydrogens (tertiary/aromatic N) is 1. The van der Waals surface area contributed by atoms with Crippen molar-refractivity contribution in [1.82, 2.24) is 0 Å². The van der Waals surface area contributed by atoms with Crippen LogP contribution >= 0.6 is 0 Å². The third kappa shape index (κ3) is 1.94. The van der Waals surface area contributed by atoms with Crippen LogP contribution in [-0.2, 0) is 4.79 Å². The minimum Gasteiger partial charge on any atom is -0.366 e. The van der Waals surface area contributed by atoms with Gasteiger partial charge in [-0.15, -0.1) is 0 Å².